The third kappa shape index (κ3) is 3.90. The number of carbonyl (C=O) groups is 2. The first-order valence-corrected chi connectivity index (χ1v) is 10.7. The predicted octanol–water partition coefficient (Wildman–Crippen LogP) is 4.05. The largest absolute Gasteiger partial charge is 0.352 e. The Balaban J connectivity index is 1.31. The Morgan fingerprint density at radius 3 is 2.11 bits per heavy atom. The maximum absolute atomic E-state index is 13.0. The Hall–Kier alpha value is -1.84. The van der Waals surface area contributed by atoms with Crippen LogP contribution in [0.5, 0.6) is 0 Å². The minimum absolute atomic E-state index is 0.0207. The fourth-order valence-electron chi connectivity index (χ4n) is 6.01. The lowest BCUT2D eigenvalue weighted by atomic mass is 9.49. The molecule has 0 saturated heterocycles. The van der Waals surface area contributed by atoms with Gasteiger partial charge in [0.15, 0.2) is 0 Å². The predicted molar refractivity (Wildman–Crippen MR) is 106 cm³/mol. The van der Waals surface area contributed by atoms with Crippen LogP contribution in [0.15, 0.2) is 24.3 Å². The summed E-state index contributed by atoms with van der Waals surface area (Å²) in [7, 11) is 0. The van der Waals surface area contributed by atoms with Gasteiger partial charge < -0.3 is 10.6 Å². The molecular formula is C23H32N2O2. The van der Waals surface area contributed by atoms with Gasteiger partial charge in [-0.05, 0) is 80.4 Å². The Labute approximate surface area is 162 Å². The quantitative estimate of drug-likeness (QED) is 0.714. The van der Waals surface area contributed by atoms with Gasteiger partial charge in [-0.3, -0.25) is 9.59 Å². The van der Waals surface area contributed by atoms with E-state index >= 15 is 0 Å². The number of carbonyl (C=O) groups excluding carboxylic acids is 2. The summed E-state index contributed by atoms with van der Waals surface area (Å²) in [4.78, 5) is 25.1. The summed E-state index contributed by atoms with van der Waals surface area (Å²) in [5.74, 6) is 2.60. The molecule has 4 heteroatoms. The number of hydrogen-bond donors (Lipinski definition) is 2. The monoisotopic (exact) mass is 368 g/mol. The lowest BCUT2D eigenvalue weighted by molar-refractivity contribution is -0.146. The van der Waals surface area contributed by atoms with Crippen molar-refractivity contribution in [1.82, 2.24) is 10.6 Å². The molecule has 0 radical (unpaired) electrons. The second-order valence-corrected chi connectivity index (χ2v) is 9.19. The van der Waals surface area contributed by atoms with Gasteiger partial charge in [0, 0.05) is 24.1 Å². The Kier molecular flexibility index (Phi) is 5.25. The molecule has 1 aromatic rings. The van der Waals surface area contributed by atoms with Crippen LogP contribution in [-0.4, -0.2) is 18.4 Å². The molecule has 4 aliphatic rings. The fourth-order valence-corrected chi connectivity index (χ4v) is 6.01. The molecule has 4 nitrogen and oxygen atoms in total. The molecule has 4 saturated carbocycles. The first kappa shape index (κ1) is 18.5. The molecule has 27 heavy (non-hydrogen) atoms. The Morgan fingerprint density at radius 1 is 0.963 bits per heavy atom. The standard InChI is InChI=1S/C23H32N2O2/c1-2-3-8-24-21(26)20-6-4-16(5-7-20)15-25-22(27)23-12-17-9-18(13-23)11-19(10-17)14-23/h4-7,17-19H,2-3,8-15H2,1H3,(H,24,26)(H,25,27). The molecule has 0 spiro atoms. The number of hydrogen-bond acceptors (Lipinski definition) is 2. The zero-order valence-corrected chi connectivity index (χ0v) is 16.4. The molecule has 0 aromatic heterocycles. The zero-order chi connectivity index (χ0) is 18.9. The van der Waals surface area contributed by atoms with Crippen molar-refractivity contribution in [3.05, 3.63) is 35.4 Å². The van der Waals surface area contributed by atoms with Crippen molar-refractivity contribution in [2.75, 3.05) is 6.54 Å². The summed E-state index contributed by atoms with van der Waals surface area (Å²) in [5.41, 5.74) is 1.65. The highest BCUT2D eigenvalue weighted by Crippen LogP contribution is 2.60. The third-order valence-corrected chi connectivity index (χ3v) is 7.00. The van der Waals surface area contributed by atoms with Crippen LogP contribution in [0.2, 0.25) is 0 Å². The first-order chi connectivity index (χ1) is 13.1. The first-order valence-electron chi connectivity index (χ1n) is 10.7. The van der Waals surface area contributed by atoms with E-state index < -0.39 is 0 Å². The van der Waals surface area contributed by atoms with Crippen LogP contribution in [0, 0.1) is 23.2 Å². The van der Waals surface area contributed by atoms with E-state index in [1.54, 1.807) is 0 Å². The second-order valence-electron chi connectivity index (χ2n) is 9.19. The molecule has 0 unspecified atom stereocenters. The summed E-state index contributed by atoms with van der Waals surface area (Å²) in [6.45, 7) is 3.38. The van der Waals surface area contributed by atoms with Crippen molar-refractivity contribution in [2.24, 2.45) is 23.2 Å². The highest BCUT2D eigenvalue weighted by molar-refractivity contribution is 5.94. The van der Waals surface area contributed by atoms with Crippen LogP contribution in [0.3, 0.4) is 0 Å². The molecule has 0 aliphatic heterocycles. The van der Waals surface area contributed by atoms with E-state index in [4.69, 9.17) is 0 Å². The van der Waals surface area contributed by atoms with Crippen LogP contribution in [-0.2, 0) is 11.3 Å². The van der Waals surface area contributed by atoms with Crippen LogP contribution < -0.4 is 10.6 Å². The minimum Gasteiger partial charge on any atom is -0.352 e. The van der Waals surface area contributed by atoms with Crippen molar-refractivity contribution >= 4 is 11.8 Å². The van der Waals surface area contributed by atoms with Gasteiger partial charge in [0.05, 0.1) is 0 Å². The van der Waals surface area contributed by atoms with Crippen molar-refractivity contribution in [1.29, 1.82) is 0 Å². The average Bonchev–Trinajstić information content (AvgIpc) is 2.65. The summed E-state index contributed by atoms with van der Waals surface area (Å²) in [5, 5.41) is 6.14. The normalized spacial score (nSPS) is 30.9. The molecule has 4 aliphatic carbocycles. The van der Waals surface area contributed by atoms with Crippen LogP contribution in [0.1, 0.15) is 74.2 Å². The van der Waals surface area contributed by atoms with E-state index in [1.165, 1.54) is 19.3 Å². The van der Waals surface area contributed by atoms with E-state index in [1.807, 2.05) is 24.3 Å². The molecule has 5 rings (SSSR count). The maximum atomic E-state index is 13.0. The molecule has 2 amide bonds. The van der Waals surface area contributed by atoms with E-state index in [0.717, 1.165) is 62.0 Å². The molecular weight excluding hydrogens is 336 g/mol. The van der Waals surface area contributed by atoms with E-state index in [0.29, 0.717) is 12.1 Å². The average molecular weight is 369 g/mol. The van der Waals surface area contributed by atoms with E-state index in [9.17, 15) is 9.59 Å². The molecule has 1 aromatic carbocycles. The topological polar surface area (TPSA) is 58.2 Å². The number of rotatable bonds is 7. The molecule has 146 valence electrons. The molecule has 0 heterocycles. The van der Waals surface area contributed by atoms with Gasteiger partial charge in [-0.1, -0.05) is 25.5 Å². The zero-order valence-electron chi connectivity index (χ0n) is 16.4. The molecule has 2 N–H and O–H groups in total. The van der Waals surface area contributed by atoms with Gasteiger partial charge in [0.25, 0.3) is 5.91 Å². The molecule has 0 atom stereocenters. The van der Waals surface area contributed by atoms with Crippen molar-refractivity contribution < 1.29 is 9.59 Å². The summed E-state index contributed by atoms with van der Waals surface area (Å²) in [6, 6.07) is 7.62. The van der Waals surface area contributed by atoms with Gasteiger partial charge in [0.1, 0.15) is 0 Å². The van der Waals surface area contributed by atoms with Crippen molar-refractivity contribution in [2.45, 2.75) is 64.8 Å². The number of amides is 2. The number of nitrogens with one attached hydrogen (secondary N) is 2. The van der Waals surface area contributed by atoms with Gasteiger partial charge in [-0.25, -0.2) is 0 Å². The van der Waals surface area contributed by atoms with Gasteiger partial charge in [0.2, 0.25) is 5.91 Å². The van der Waals surface area contributed by atoms with E-state index in [-0.39, 0.29) is 17.2 Å². The van der Waals surface area contributed by atoms with Gasteiger partial charge in [-0.15, -0.1) is 0 Å². The van der Waals surface area contributed by atoms with Crippen LogP contribution in [0.25, 0.3) is 0 Å². The lowest BCUT2D eigenvalue weighted by Crippen LogP contribution is -2.53. The second kappa shape index (κ2) is 7.65. The fraction of sp³-hybridized carbons (Fsp3) is 0.652. The van der Waals surface area contributed by atoms with Gasteiger partial charge in [-0.2, -0.15) is 0 Å². The molecule has 4 fully saturated rings. The third-order valence-electron chi connectivity index (χ3n) is 7.00. The lowest BCUT2D eigenvalue weighted by Gasteiger charge is -2.55. The minimum atomic E-state index is -0.0894. The SMILES string of the molecule is CCCCNC(=O)c1ccc(CNC(=O)C23CC4CC(CC(C4)C2)C3)cc1. The summed E-state index contributed by atoms with van der Waals surface area (Å²) >= 11 is 0. The van der Waals surface area contributed by atoms with Crippen LogP contribution in [0.4, 0.5) is 0 Å². The summed E-state index contributed by atoms with van der Waals surface area (Å²) in [6.07, 6.45) is 9.44. The smallest absolute Gasteiger partial charge is 0.251 e. The highest BCUT2D eigenvalue weighted by atomic mass is 16.2. The number of benzene rings is 1. The van der Waals surface area contributed by atoms with Gasteiger partial charge >= 0.3 is 0 Å². The highest BCUT2D eigenvalue weighted by Gasteiger charge is 2.54. The van der Waals surface area contributed by atoms with E-state index in [2.05, 4.69) is 17.6 Å². The Bertz CT molecular complexity index is 660. The van der Waals surface area contributed by atoms with Crippen LogP contribution >= 0.6 is 0 Å². The van der Waals surface area contributed by atoms with Crippen molar-refractivity contribution in [3.8, 4) is 0 Å². The maximum Gasteiger partial charge on any atom is 0.251 e. The number of unbranched alkanes of at least 4 members (excludes halogenated alkanes) is 1. The van der Waals surface area contributed by atoms with Crippen molar-refractivity contribution in [3.63, 3.8) is 0 Å². The molecule has 4 bridgehead atoms. The summed E-state index contributed by atoms with van der Waals surface area (Å²) < 4.78 is 0. The Morgan fingerprint density at radius 2 is 1.56 bits per heavy atom.